The molecule has 0 fully saturated rings. The van der Waals surface area contributed by atoms with Gasteiger partial charge in [-0.3, -0.25) is 0 Å². The molecule has 1 aromatic rings. The van der Waals surface area contributed by atoms with Crippen molar-refractivity contribution in [1.82, 2.24) is 0 Å². The second-order valence-electron chi connectivity index (χ2n) is 4.41. The van der Waals surface area contributed by atoms with Crippen molar-refractivity contribution in [3.63, 3.8) is 0 Å². The average Bonchev–Trinajstić information content (AvgIpc) is 2.35. The quantitative estimate of drug-likeness (QED) is 0.777. The van der Waals surface area contributed by atoms with E-state index >= 15 is 0 Å². The molecule has 0 aliphatic heterocycles. The van der Waals surface area contributed by atoms with Gasteiger partial charge in [-0.2, -0.15) is 13.2 Å². The maximum Gasteiger partial charge on any atom is 0.416 e. The van der Waals surface area contributed by atoms with Crippen LogP contribution < -0.4 is 11.1 Å². The molecule has 2 nitrogen and oxygen atoms in total. The number of hydrogen-bond donors (Lipinski definition) is 2. The lowest BCUT2D eigenvalue weighted by Gasteiger charge is -2.19. The van der Waals surface area contributed by atoms with Crippen LogP contribution in [0, 0.1) is 5.82 Å². The zero-order valence-electron chi connectivity index (χ0n) is 10.7. The zero-order valence-corrected chi connectivity index (χ0v) is 10.7. The number of benzene rings is 1. The molecule has 0 aromatic heterocycles. The first-order valence-corrected chi connectivity index (χ1v) is 6.21. The van der Waals surface area contributed by atoms with Gasteiger partial charge >= 0.3 is 6.18 Å². The largest absolute Gasteiger partial charge is 0.416 e. The van der Waals surface area contributed by atoms with E-state index in [0.29, 0.717) is 12.6 Å². The standard InChI is InChI=1S/C13H18F4N2/c1-2-3-4-10(8-18)19-12-6-5-9(7-11(12)14)13(15,16)17/h5-7,10,19H,2-4,8,18H2,1H3. The van der Waals surface area contributed by atoms with Gasteiger partial charge in [-0.15, -0.1) is 0 Å². The van der Waals surface area contributed by atoms with Crippen LogP contribution in [0.25, 0.3) is 0 Å². The van der Waals surface area contributed by atoms with Crippen LogP contribution in [0.5, 0.6) is 0 Å². The van der Waals surface area contributed by atoms with Crippen LogP contribution >= 0.6 is 0 Å². The topological polar surface area (TPSA) is 38.0 Å². The Morgan fingerprint density at radius 2 is 2.00 bits per heavy atom. The highest BCUT2D eigenvalue weighted by Gasteiger charge is 2.31. The Labute approximate surface area is 110 Å². The average molecular weight is 278 g/mol. The number of nitrogens with one attached hydrogen (secondary N) is 1. The highest BCUT2D eigenvalue weighted by molar-refractivity contribution is 5.47. The van der Waals surface area contributed by atoms with Gasteiger partial charge in [-0.05, 0) is 24.6 Å². The zero-order chi connectivity index (χ0) is 14.5. The fourth-order valence-electron chi connectivity index (χ4n) is 1.73. The minimum Gasteiger partial charge on any atom is -0.379 e. The van der Waals surface area contributed by atoms with Crippen molar-refractivity contribution in [2.75, 3.05) is 11.9 Å². The molecule has 108 valence electrons. The molecular formula is C13H18F4N2. The van der Waals surface area contributed by atoms with E-state index in [9.17, 15) is 17.6 Å². The number of unbranched alkanes of at least 4 members (excludes halogenated alkanes) is 1. The van der Waals surface area contributed by atoms with E-state index in [1.54, 1.807) is 0 Å². The van der Waals surface area contributed by atoms with E-state index in [1.165, 1.54) is 0 Å². The third-order valence-electron chi connectivity index (χ3n) is 2.85. The second-order valence-corrected chi connectivity index (χ2v) is 4.41. The molecule has 3 N–H and O–H groups in total. The number of rotatable bonds is 6. The number of hydrogen-bond acceptors (Lipinski definition) is 2. The molecule has 0 saturated carbocycles. The molecule has 1 rings (SSSR count). The maximum absolute atomic E-state index is 13.6. The van der Waals surface area contributed by atoms with Gasteiger partial charge in [0.05, 0.1) is 11.3 Å². The fourth-order valence-corrected chi connectivity index (χ4v) is 1.73. The molecule has 0 aliphatic carbocycles. The van der Waals surface area contributed by atoms with Crippen LogP contribution in [-0.4, -0.2) is 12.6 Å². The summed E-state index contributed by atoms with van der Waals surface area (Å²) in [5.74, 6) is -0.912. The van der Waals surface area contributed by atoms with Crippen molar-refractivity contribution in [3.8, 4) is 0 Å². The van der Waals surface area contributed by atoms with Gasteiger partial charge in [-0.25, -0.2) is 4.39 Å². The molecule has 1 aromatic carbocycles. The molecule has 1 atom stereocenters. The molecular weight excluding hydrogens is 260 g/mol. The van der Waals surface area contributed by atoms with Gasteiger partial charge < -0.3 is 11.1 Å². The smallest absolute Gasteiger partial charge is 0.379 e. The van der Waals surface area contributed by atoms with E-state index in [1.807, 2.05) is 6.92 Å². The first-order chi connectivity index (χ1) is 8.88. The van der Waals surface area contributed by atoms with Crippen LogP contribution in [0.15, 0.2) is 18.2 Å². The van der Waals surface area contributed by atoms with Crippen LogP contribution in [0.1, 0.15) is 31.7 Å². The van der Waals surface area contributed by atoms with Gasteiger partial charge in [0, 0.05) is 12.6 Å². The van der Waals surface area contributed by atoms with E-state index in [2.05, 4.69) is 5.32 Å². The molecule has 0 aliphatic rings. The summed E-state index contributed by atoms with van der Waals surface area (Å²) in [6, 6.07) is 2.33. The van der Waals surface area contributed by atoms with Crippen molar-refractivity contribution < 1.29 is 17.6 Å². The lowest BCUT2D eigenvalue weighted by atomic mass is 10.1. The van der Waals surface area contributed by atoms with Crippen molar-refractivity contribution in [2.45, 2.75) is 38.4 Å². The summed E-state index contributed by atoms with van der Waals surface area (Å²) in [6.45, 7) is 2.33. The minimum absolute atomic E-state index is 0.0551. The third kappa shape index (κ3) is 4.70. The van der Waals surface area contributed by atoms with Gasteiger partial charge in [0.1, 0.15) is 5.82 Å². The highest BCUT2D eigenvalue weighted by atomic mass is 19.4. The molecule has 0 saturated heterocycles. The van der Waals surface area contributed by atoms with Crippen molar-refractivity contribution in [3.05, 3.63) is 29.6 Å². The Balaban J connectivity index is 2.79. The lowest BCUT2D eigenvalue weighted by Crippen LogP contribution is -2.29. The van der Waals surface area contributed by atoms with Crippen LogP contribution in [0.2, 0.25) is 0 Å². The Hall–Kier alpha value is -1.30. The first-order valence-electron chi connectivity index (χ1n) is 6.21. The van der Waals surface area contributed by atoms with Gasteiger partial charge in [0.25, 0.3) is 0 Å². The maximum atomic E-state index is 13.6. The third-order valence-corrected chi connectivity index (χ3v) is 2.85. The van der Waals surface area contributed by atoms with Crippen molar-refractivity contribution in [2.24, 2.45) is 5.73 Å². The van der Waals surface area contributed by atoms with Crippen LogP contribution in [-0.2, 0) is 6.18 Å². The first kappa shape index (κ1) is 15.8. The predicted octanol–water partition coefficient (Wildman–Crippen LogP) is 3.77. The SMILES string of the molecule is CCCCC(CN)Nc1ccc(C(F)(F)F)cc1F. The van der Waals surface area contributed by atoms with Gasteiger partial charge in [-0.1, -0.05) is 19.8 Å². The summed E-state index contributed by atoms with van der Waals surface area (Å²) < 4.78 is 50.8. The molecule has 19 heavy (non-hydrogen) atoms. The normalized spacial score (nSPS) is 13.4. The number of alkyl halides is 3. The molecule has 0 spiro atoms. The number of halogens is 4. The summed E-state index contributed by atoms with van der Waals surface area (Å²) >= 11 is 0. The van der Waals surface area contributed by atoms with Gasteiger partial charge in [0.15, 0.2) is 0 Å². The summed E-state index contributed by atoms with van der Waals surface area (Å²) in [7, 11) is 0. The summed E-state index contributed by atoms with van der Waals surface area (Å²) in [6.07, 6.45) is -1.87. The van der Waals surface area contributed by atoms with E-state index < -0.39 is 17.6 Å². The monoisotopic (exact) mass is 278 g/mol. The minimum atomic E-state index is -4.53. The molecule has 1 unspecified atom stereocenters. The Kier molecular flexibility index (Phi) is 5.60. The molecule has 0 heterocycles. The fraction of sp³-hybridized carbons (Fsp3) is 0.538. The lowest BCUT2D eigenvalue weighted by molar-refractivity contribution is -0.137. The van der Waals surface area contributed by atoms with Gasteiger partial charge in [0.2, 0.25) is 0 Å². The summed E-state index contributed by atoms with van der Waals surface area (Å²) in [4.78, 5) is 0. The van der Waals surface area contributed by atoms with E-state index in [0.717, 1.165) is 31.4 Å². The Morgan fingerprint density at radius 3 is 2.47 bits per heavy atom. The molecule has 6 heteroatoms. The Morgan fingerprint density at radius 1 is 1.32 bits per heavy atom. The van der Waals surface area contributed by atoms with Crippen molar-refractivity contribution >= 4 is 5.69 Å². The van der Waals surface area contributed by atoms with E-state index in [-0.39, 0.29) is 11.7 Å². The highest BCUT2D eigenvalue weighted by Crippen LogP contribution is 2.31. The van der Waals surface area contributed by atoms with Crippen LogP contribution in [0.4, 0.5) is 23.2 Å². The predicted molar refractivity (Wildman–Crippen MR) is 67.4 cm³/mol. The summed E-state index contributed by atoms with van der Waals surface area (Å²) in [5, 5.41) is 2.84. The van der Waals surface area contributed by atoms with E-state index in [4.69, 9.17) is 5.73 Å². The second kappa shape index (κ2) is 6.75. The van der Waals surface area contributed by atoms with Crippen molar-refractivity contribution in [1.29, 1.82) is 0 Å². The number of anilines is 1. The summed E-state index contributed by atoms with van der Waals surface area (Å²) in [5.41, 5.74) is 4.61. The Bertz CT molecular complexity index is 404. The number of nitrogens with two attached hydrogens (primary N) is 1. The molecule has 0 radical (unpaired) electrons. The molecule has 0 amide bonds. The molecule has 0 bridgehead atoms. The van der Waals surface area contributed by atoms with Crippen LogP contribution in [0.3, 0.4) is 0 Å².